The Morgan fingerprint density at radius 1 is 0.850 bits per heavy atom. The van der Waals surface area contributed by atoms with Gasteiger partial charge in [-0.1, -0.05) is 45.9 Å². The van der Waals surface area contributed by atoms with Crippen LogP contribution in [0.1, 0.15) is 50.7 Å². The second-order valence-corrected chi connectivity index (χ2v) is 5.90. The van der Waals surface area contributed by atoms with Crippen LogP contribution in [0.2, 0.25) is 0 Å². The Morgan fingerprint density at radius 3 is 2.15 bits per heavy atom. The standard InChI is InChI=1S/C18H22FN/c1-11(2)13-5-7-15(16(9-13)12(3)4)17-10-14(20)6-8-18(17)19/h5-12H,20H2,1-4H3. The van der Waals surface area contributed by atoms with Crippen molar-refractivity contribution < 1.29 is 4.39 Å². The number of anilines is 1. The third kappa shape index (κ3) is 2.84. The predicted molar refractivity (Wildman–Crippen MR) is 84.4 cm³/mol. The molecule has 2 heteroatoms. The molecule has 0 spiro atoms. The van der Waals surface area contributed by atoms with Crippen LogP contribution in [0.25, 0.3) is 11.1 Å². The minimum Gasteiger partial charge on any atom is -0.399 e. The summed E-state index contributed by atoms with van der Waals surface area (Å²) < 4.78 is 14.1. The zero-order chi connectivity index (χ0) is 14.9. The summed E-state index contributed by atoms with van der Waals surface area (Å²) in [5, 5.41) is 0. The molecule has 0 radical (unpaired) electrons. The second kappa shape index (κ2) is 5.66. The van der Waals surface area contributed by atoms with E-state index in [0.29, 0.717) is 23.1 Å². The maximum atomic E-state index is 14.1. The third-order valence-electron chi connectivity index (χ3n) is 3.64. The predicted octanol–water partition coefficient (Wildman–Crippen LogP) is 5.32. The minimum absolute atomic E-state index is 0.224. The fourth-order valence-corrected chi connectivity index (χ4v) is 2.41. The van der Waals surface area contributed by atoms with Crippen molar-refractivity contribution in [3.63, 3.8) is 0 Å². The summed E-state index contributed by atoms with van der Waals surface area (Å²) in [4.78, 5) is 0. The number of rotatable bonds is 3. The Labute approximate surface area is 120 Å². The number of benzene rings is 2. The Bertz CT molecular complexity index is 615. The van der Waals surface area contributed by atoms with Crippen LogP contribution in [0.3, 0.4) is 0 Å². The first kappa shape index (κ1) is 14.6. The fraction of sp³-hybridized carbons (Fsp3) is 0.333. The van der Waals surface area contributed by atoms with Crippen molar-refractivity contribution in [1.29, 1.82) is 0 Å². The Morgan fingerprint density at radius 2 is 1.55 bits per heavy atom. The van der Waals surface area contributed by atoms with Crippen molar-refractivity contribution in [3.05, 3.63) is 53.3 Å². The third-order valence-corrected chi connectivity index (χ3v) is 3.64. The Balaban J connectivity index is 2.64. The van der Waals surface area contributed by atoms with E-state index < -0.39 is 0 Å². The van der Waals surface area contributed by atoms with Gasteiger partial charge >= 0.3 is 0 Å². The second-order valence-electron chi connectivity index (χ2n) is 5.90. The van der Waals surface area contributed by atoms with Crippen LogP contribution in [0.5, 0.6) is 0 Å². The molecule has 0 atom stereocenters. The minimum atomic E-state index is -0.224. The molecule has 0 heterocycles. The van der Waals surface area contributed by atoms with Crippen LogP contribution in [-0.4, -0.2) is 0 Å². The van der Waals surface area contributed by atoms with Gasteiger partial charge in [0.1, 0.15) is 5.82 Å². The number of hydrogen-bond donors (Lipinski definition) is 1. The number of hydrogen-bond acceptors (Lipinski definition) is 1. The SMILES string of the molecule is CC(C)c1ccc(-c2cc(N)ccc2F)c(C(C)C)c1. The van der Waals surface area contributed by atoms with Crippen LogP contribution in [-0.2, 0) is 0 Å². The lowest BCUT2D eigenvalue weighted by molar-refractivity contribution is 0.631. The molecule has 2 aromatic carbocycles. The molecule has 2 N–H and O–H groups in total. The van der Waals surface area contributed by atoms with E-state index in [9.17, 15) is 4.39 Å². The van der Waals surface area contributed by atoms with Gasteiger partial charge in [-0.25, -0.2) is 4.39 Å². The molecular formula is C18H22FN. The molecule has 1 nitrogen and oxygen atoms in total. The number of halogens is 1. The van der Waals surface area contributed by atoms with Crippen LogP contribution in [0.4, 0.5) is 10.1 Å². The average Bonchev–Trinajstić information content (AvgIpc) is 2.40. The van der Waals surface area contributed by atoms with Crippen LogP contribution in [0.15, 0.2) is 36.4 Å². The first-order valence-electron chi connectivity index (χ1n) is 7.09. The molecule has 0 aliphatic rings. The molecule has 106 valence electrons. The summed E-state index contributed by atoms with van der Waals surface area (Å²) in [5.41, 5.74) is 10.4. The Hall–Kier alpha value is -1.83. The zero-order valence-electron chi connectivity index (χ0n) is 12.6. The van der Waals surface area contributed by atoms with Crippen LogP contribution < -0.4 is 5.73 Å². The highest BCUT2D eigenvalue weighted by Gasteiger charge is 2.14. The molecule has 0 aromatic heterocycles. The zero-order valence-corrected chi connectivity index (χ0v) is 12.6. The van der Waals surface area contributed by atoms with E-state index >= 15 is 0 Å². The summed E-state index contributed by atoms with van der Waals surface area (Å²) in [6, 6.07) is 11.0. The average molecular weight is 271 g/mol. The van der Waals surface area contributed by atoms with Gasteiger partial charge in [0.2, 0.25) is 0 Å². The van der Waals surface area contributed by atoms with E-state index in [1.807, 2.05) is 6.07 Å². The lowest BCUT2D eigenvalue weighted by Gasteiger charge is -2.17. The van der Waals surface area contributed by atoms with Gasteiger partial charge in [0, 0.05) is 11.3 Å². The topological polar surface area (TPSA) is 26.0 Å². The molecule has 0 unspecified atom stereocenters. The van der Waals surface area contributed by atoms with E-state index in [2.05, 4.69) is 39.8 Å². The molecule has 0 aliphatic carbocycles. The highest BCUT2D eigenvalue weighted by Crippen LogP contribution is 2.34. The summed E-state index contributed by atoms with van der Waals surface area (Å²) >= 11 is 0. The van der Waals surface area contributed by atoms with Crippen molar-refractivity contribution >= 4 is 5.69 Å². The van der Waals surface area contributed by atoms with E-state index in [1.165, 1.54) is 17.2 Å². The van der Waals surface area contributed by atoms with Crippen molar-refractivity contribution in [2.75, 3.05) is 5.73 Å². The van der Waals surface area contributed by atoms with Crippen molar-refractivity contribution in [2.24, 2.45) is 0 Å². The number of nitrogen functional groups attached to an aromatic ring is 1. The van der Waals surface area contributed by atoms with Gasteiger partial charge in [0.05, 0.1) is 0 Å². The van der Waals surface area contributed by atoms with Crippen LogP contribution >= 0.6 is 0 Å². The molecule has 0 aliphatic heterocycles. The van der Waals surface area contributed by atoms with Crippen molar-refractivity contribution in [1.82, 2.24) is 0 Å². The molecule has 20 heavy (non-hydrogen) atoms. The summed E-state index contributed by atoms with van der Waals surface area (Å²) in [6.45, 7) is 8.60. The maximum absolute atomic E-state index is 14.1. The van der Waals surface area contributed by atoms with E-state index in [0.717, 1.165) is 5.56 Å². The maximum Gasteiger partial charge on any atom is 0.131 e. The van der Waals surface area contributed by atoms with Gasteiger partial charge in [0.25, 0.3) is 0 Å². The first-order chi connectivity index (χ1) is 9.40. The summed E-state index contributed by atoms with van der Waals surface area (Å²) in [7, 11) is 0. The van der Waals surface area contributed by atoms with Gasteiger partial charge in [-0.05, 0) is 46.7 Å². The molecule has 2 aromatic rings. The van der Waals surface area contributed by atoms with E-state index in [4.69, 9.17) is 5.73 Å². The molecule has 0 saturated heterocycles. The van der Waals surface area contributed by atoms with Crippen molar-refractivity contribution in [3.8, 4) is 11.1 Å². The lowest BCUT2D eigenvalue weighted by atomic mass is 9.88. The normalized spacial score (nSPS) is 11.3. The monoisotopic (exact) mass is 271 g/mol. The lowest BCUT2D eigenvalue weighted by Crippen LogP contribution is -1.98. The van der Waals surface area contributed by atoms with Gasteiger partial charge in [-0.2, -0.15) is 0 Å². The number of nitrogens with two attached hydrogens (primary N) is 1. The van der Waals surface area contributed by atoms with E-state index in [1.54, 1.807) is 12.1 Å². The molecule has 0 amide bonds. The smallest absolute Gasteiger partial charge is 0.131 e. The molecule has 0 fully saturated rings. The molecule has 0 saturated carbocycles. The van der Waals surface area contributed by atoms with Crippen LogP contribution in [0, 0.1) is 5.82 Å². The first-order valence-corrected chi connectivity index (χ1v) is 7.09. The highest BCUT2D eigenvalue weighted by atomic mass is 19.1. The fourth-order valence-electron chi connectivity index (χ4n) is 2.41. The summed E-state index contributed by atoms with van der Waals surface area (Å²) in [5.74, 6) is 0.579. The Kier molecular flexibility index (Phi) is 4.12. The van der Waals surface area contributed by atoms with E-state index in [-0.39, 0.29) is 5.82 Å². The van der Waals surface area contributed by atoms with Gasteiger partial charge in [0.15, 0.2) is 0 Å². The molecular weight excluding hydrogens is 249 g/mol. The summed E-state index contributed by atoms with van der Waals surface area (Å²) in [6.07, 6.45) is 0. The largest absolute Gasteiger partial charge is 0.399 e. The highest BCUT2D eigenvalue weighted by molar-refractivity contribution is 5.72. The van der Waals surface area contributed by atoms with Gasteiger partial charge in [-0.3, -0.25) is 0 Å². The van der Waals surface area contributed by atoms with Crippen molar-refractivity contribution in [2.45, 2.75) is 39.5 Å². The molecule has 0 bridgehead atoms. The quantitative estimate of drug-likeness (QED) is 0.751. The van der Waals surface area contributed by atoms with Gasteiger partial charge < -0.3 is 5.73 Å². The van der Waals surface area contributed by atoms with Gasteiger partial charge in [-0.15, -0.1) is 0 Å². The molecule has 2 rings (SSSR count).